The first-order chi connectivity index (χ1) is 11.9. The number of hydrogen-bond acceptors (Lipinski definition) is 5. The summed E-state index contributed by atoms with van der Waals surface area (Å²) in [5, 5.41) is 31.6. The van der Waals surface area contributed by atoms with Crippen LogP contribution in [0, 0.1) is 20.2 Å². The van der Waals surface area contributed by atoms with Crippen molar-refractivity contribution in [3.05, 3.63) is 80.0 Å². The minimum atomic E-state index is -1.19. The van der Waals surface area contributed by atoms with Crippen LogP contribution in [0.1, 0.15) is 16.1 Å². The number of non-ortho nitro benzene ring substituents is 2. The van der Waals surface area contributed by atoms with Crippen LogP contribution in [0.25, 0.3) is 10.9 Å². The molecule has 25 heavy (non-hydrogen) atoms. The Morgan fingerprint density at radius 2 is 1.68 bits per heavy atom. The molecule has 0 saturated carbocycles. The highest BCUT2D eigenvalue weighted by Crippen LogP contribution is 2.26. The number of nitrogens with zero attached hydrogens (tertiary/aromatic N) is 3. The van der Waals surface area contributed by atoms with Gasteiger partial charge in [-0.25, -0.2) is 4.79 Å². The van der Waals surface area contributed by atoms with Crippen molar-refractivity contribution in [3.63, 3.8) is 0 Å². The molecule has 0 spiro atoms. The molecule has 0 amide bonds. The average Bonchev–Trinajstić information content (AvgIpc) is 2.93. The van der Waals surface area contributed by atoms with Gasteiger partial charge in [0.1, 0.15) is 5.69 Å². The summed E-state index contributed by atoms with van der Waals surface area (Å²) in [7, 11) is 0. The number of hydrogen-bond donors (Lipinski definition) is 1. The van der Waals surface area contributed by atoms with Crippen LogP contribution in [0.4, 0.5) is 11.4 Å². The van der Waals surface area contributed by atoms with Crippen LogP contribution in [0.2, 0.25) is 0 Å². The van der Waals surface area contributed by atoms with E-state index in [1.807, 2.05) is 0 Å². The molecule has 9 heteroatoms. The van der Waals surface area contributed by atoms with Gasteiger partial charge in [0.2, 0.25) is 0 Å². The van der Waals surface area contributed by atoms with Crippen LogP contribution >= 0.6 is 0 Å². The number of nitro benzene ring substituents is 2. The van der Waals surface area contributed by atoms with Crippen molar-refractivity contribution in [1.82, 2.24) is 4.57 Å². The third kappa shape index (κ3) is 3.02. The van der Waals surface area contributed by atoms with E-state index >= 15 is 0 Å². The van der Waals surface area contributed by atoms with Crippen LogP contribution in [0.3, 0.4) is 0 Å². The maximum Gasteiger partial charge on any atom is 0.352 e. The van der Waals surface area contributed by atoms with Crippen molar-refractivity contribution in [1.29, 1.82) is 0 Å². The lowest BCUT2D eigenvalue weighted by atomic mass is 10.2. The number of benzene rings is 2. The summed E-state index contributed by atoms with van der Waals surface area (Å²) in [6.45, 7) is 0.0879. The van der Waals surface area contributed by atoms with E-state index in [-0.39, 0.29) is 23.6 Å². The summed E-state index contributed by atoms with van der Waals surface area (Å²) in [4.78, 5) is 32.2. The van der Waals surface area contributed by atoms with Crippen LogP contribution in [-0.2, 0) is 6.54 Å². The van der Waals surface area contributed by atoms with E-state index in [0.29, 0.717) is 16.5 Å². The lowest BCUT2D eigenvalue weighted by Crippen LogP contribution is -2.09. The predicted octanol–water partition coefficient (Wildman–Crippen LogP) is 3.20. The van der Waals surface area contributed by atoms with Gasteiger partial charge >= 0.3 is 5.97 Å². The lowest BCUT2D eigenvalue weighted by Gasteiger charge is -2.08. The molecule has 126 valence electrons. The second-order valence-electron chi connectivity index (χ2n) is 5.35. The molecule has 0 fully saturated rings. The summed E-state index contributed by atoms with van der Waals surface area (Å²) < 4.78 is 1.46. The van der Waals surface area contributed by atoms with Crippen molar-refractivity contribution in [2.75, 3.05) is 0 Å². The van der Waals surface area contributed by atoms with E-state index in [9.17, 15) is 30.1 Å². The Hall–Kier alpha value is -3.75. The molecule has 0 aliphatic rings. The van der Waals surface area contributed by atoms with Gasteiger partial charge < -0.3 is 9.67 Å². The van der Waals surface area contributed by atoms with Gasteiger partial charge in [-0.05, 0) is 17.7 Å². The van der Waals surface area contributed by atoms with Crippen LogP contribution in [0.15, 0.2) is 48.5 Å². The SMILES string of the molecule is O=C(O)c1cc2cc([N+](=O)[O-])ccc2n1Cc1cccc([N+](=O)[O-])c1. The molecule has 0 atom stereocenters. The first-order valence-corrected chi connectivity index (χ1v) is 7.11. The summed E-state index contributed by atoms with van der Waals surface area (Å²) in [5.74, 6) is -1.19. The smallest absolute Gasteiger partial charge is 0.352 e. The molecule has 0 saturated heterocycles. The van der Waals surface area contributed by atoms with Gasteiger partial charge in [0.25, 0.3) is 11.4 Å². The Morgan fingerprint density at radius 3 is 2.32 bits per heavy atom. The predicted molar refractivity (Wildman–Crippen MR) is 87.8 cm³/mol. The van der Waals surface area contributed by atoms with E-state index < -0.39 is 15.8 Å². The van der Waals surface area contributed by atoms with Crippen LogP contribution < -0.4 is 0 Å². The number of carboxylic acid groups (broad SMARTS) is 1. The number of carbonyl (C=O) groups is 1. The van der Waals surface area contributed by atoms with Gasteiger partial charge in [-0.3, -0.25) is 20.2 Å². The molecular weight excluding hydrogens is 330 g/mol. The molecule has 1 aromatic heterocycles. The maximum atomic E-state index is 11.5. The largest absolute Gasteiger partial charge is 0.477 e. The normalized spacial score (nSPS) is 10.7. The lowest BCUT2D eigenvalue weighted by molar-refractivity contribution is -0.385. The molecule has 1 heterocycles. The second-order valence-corrected chi connectivity index (χ2v) is 5.35. The third-order valence-corrected chi connectivity index (χ3v) is 3.78. The Morgan fingerprint density at radius 1 is 1.00 bits per heavy atom. The Balaban J connectivity index is 2.12. The topological polar surface area (TPSA) is 129 Å². The minimum Gasteiger partial charge on any atom is -0.477 e. The Bertz CT molecular complexity index is 1020. The molecule has 0 unspecified atom stereocenters. The number of aromatic carboxylic acids is 1. The van der Waals surface area contributed by atoms with Crippen LogP contribution in [-0.4, -0.2) is 25.5 Å². The summed E-state index contributed by atoms with van der Waals surface area (Å²) in [6.07, 6.45) is 0. The molecular formula is C16H11N3O6. The number of aromatic nitrogens is 1. The van der Waals surface area contributed by atoms with Crippen LogP contribution in [0.5, 0.6) is 0 Å². The van der Waals surface area contributed by atoms with E-state index in [2.05, 4.69) is 0 Å². The van der Waals surface area contributed by atoms with Gasteiger partial charge in [-0.15, -0.1) is 0 Å². The highest BCUT2D eigenvalue weighted by atomic mass is 16.6. The summed E-state index contributed by atoms with van der Waals surface area (Å²) in [5.41, 5.74) is 0.752. The van der Waals surface area contributed by atoms with E-state index in [1.54, 1.807) is 6.07 Å². The molecule has 0 radical (unpaired) electrons. The maximum absolute atomic E-state index is 11.5. The molecule has 3 rings (SSSR count). The molecule has 0 aliphatic carbocycles. The first-order valence-electron chi connectivity index (χ1n) is 7.11. The van der Waals surface area contributed by atoms with Gasteiger partial charge in [0.15, 0.2) is 0 Å². The van der Waals surface area contributed by atoms with Crippen molar-refractivity contribution < 1.29 is 19.7 Å². The fraction of sp³-hybridized carbons (Fsp3) is 0.0625. The molecule has 3 aromatic rings. The van der Waals surface area contributed by atoms with Crippen molar-refractivity contribution >= 4 is 28.2 Å². The van der Waals surface area contributed by atoms with Crippen molar-refractivity contribution in [2.45, 2.75) is 6.54 Å². The van der Waals surface area contributed by atoms with Gasteiger partial charge in [0, 0.05) is 41.7 Å². The van der Waals surface area contributed by atoms with Gasteiger partial charge in [-0.1, -0.05) is 12.1 Å². The number of rotatable bonds is 5. The fourth-order valence-electron chi connectivity index (χ4n) is 2.67. The highest BCUT2D eigenvalue weighted by molar-refractivity contribution is 5.95. The Kier molecular flexibility index (Phi) is 3.89. The first kappa shape index (κ1) is 16.1. The quantitative estimate of drug-likeness (QED) is 0.560. The number of carboxylic acids is 1. The average molecular weight is 341 g/mol. The van der Waals surface area contributed by atoms with Gasteiger partial charge in [-0.2, -0.15) is 0 Å². The second kappa shape index (κ2) is 6.04. The highest BCUT2D eigenvalue weighted by Gasteiger charge is 2.18. The van der Waals surface area contributed by atoms with Crippen molar-refractivity contribution in [2.24, 2.45) is 0 Å². The Labute approximate surface area is 140 Å². The number of nitro groups is 2. The monoisotopic (exact) mass is 341 g/mol. The third-order valence-electron chi connectivity index (χ3n) is 3.78. The zero-order chi connectivity index (χ0) is 18.1. The molecule has 0 aliphatic heterocycles. The summed E-state index contributed by atoms with van der Waals surface area (Å²) in [6, 6.07) is 11.3. The zero-order valence-corrected chi connectivity index (χ0v) is 12.7. The number of fused-ring (bicyclic) bond motifs is 1. The van der Waals surface area contributed by atoms with E-state index in [0.717, 1.165) is 0 Å². The summed E-state index contributed by atoms with van der Waals surface area (Å²) >= 11 is 0. The van der Waals surface area contributed by atoms with E-state index in [4.69, 9.17) is 0 Å². The minimum absolute atomic E-state index is 0.0537. The fourth-order valence-corrected chi connectivity index (χ4v) is 2.67. The zero-order valence-electron chi connectivity index (χ0n) is 12.7. The standard InChI is InChI=1S/C16H11N3O6/c20-16(21)15-8-11-7-13(19(24)25)4-5-14(11)17(15)9-10-2-1-3-12(6-10)18(22)23/h1-8H,9H2,(H,20,21). The molecule has 9 nitrogen and oxygen atoms in total. The van der Waals surface area contributed by atoms with E-state index in [1.165, 1.54) is 47.0 Å². The van der Waals surface area contributed by atoms with Crippen molar-refractivity contribution in [3.8, 4) is 0 Å². The molecule has 0 bridgehead atoms. The molecule has 1 N–H and O–H groups in total. The molecule has 2 aromatic carbocycles. The van der Waals surface area contributed by atoms with Gasteiger partial charge in [0.05, 0.1) is 9.85 Å².